The highest BCUT2D eigenvalue weighted by Gasteiger charge is 2.36. The molecule has 1 aromatic carbocycles. The SMILES string of the molecule is Cl.FC(F)(F)OC1Nc2ccccc2S1. The first-order chi connectivity index (χ1) is 6.54. The molecule has 1 atom stereocenters. The molecule has 2 rings (SSSR count). The number of ether oxygens (including phenoxy) is 1. The Balaban J connectivity index is 0.00000112. The molecule has 1 aromatic rings. The van der Waals surface area contributed by atoms with Crippen molar-refractivity contribution in [1.29, 1.82) is 0 Å². The molecule has 1 heterocycles. The third kappa shape index (κ3) is 3.19. The molecule has 0 spiro atoms. The molecule has 0 aromatic heterocycles. The Morgan fingerprint density at radius 2 is 1.93 bits per heavy atom. The van der Waals surface area contributed by atoms with Gasteiger partial charge >= 0.3 is 6.36 Å². The predicted octanol–water partition coefficient (Wildman–Crippen LogP) is 3.45. The predicted molar refractivity (Wildman–Crippen MR) is 54.1 cm³/mol. The van der Waals surface area contributed by atoms with Gasteiger partial charge in [-0.3, -0.25) is 4.74 Å². The smallest absolute Gasteiger partial charge is 0.350 e. The van der Waals surface area contributed by atoms with Crippen LogP contribution in [0.2, 0.25) is 0 Å². The molecule has 2 nitrogen and oxygen atoms in total. The van der Waals surface area contributed by atoms with E-state index >= 15 is 0 Å². The fourth-order valence-corrected chi connectivity index (χ4v) is 2.12. The van der Waals surface area contributed by atoms with Gasteiger partial charge in [0.1, 0.15) is 0 Å². The average molecular weight is 258 g/mol. The summed E-state index contributed by atoms with van der Waals surface area (Å²) in [7, 11) is 0. The zero-order valence-corrected chi connectivity index (χ0v) is 8.88. The van der Waals surface area contributed by atoms with Gasteiger partial charge in [0.15, 0.2) is 5.56 Å². The van der Waals surface area contributed by atoms with E-state index in [1.807, 2.05) is 0 Å². The summed E-state index contributed by atoms with van der Waals surface area (Å²) in [5.74, 6) is 0. The molecule has 1 aliphatic heterocycles. The fraction of sp³-hybridized carbons (Fsp3) is 0.250. The summed E-state index contributed by atoms with van der Waals surface area (Å²) in [4.78, 5) is 0.766. The Bertz CT molecular complexity index is 322. The minimum Gasteiger partial charge on any atom is -0.350 e. The number of halogens is 4. The van der Waals surface area contributed by atoms with Gasteiger partial charge < -0.3 is 5.32 Å². The standard InChI is InChI=1S/C8H6F3NOS.ClH/c9-8(10,11)13-7-12-5-3-1-2-4-6(5)14-7;/h1-4,7,12H;1H. The summed E-state index contributed by atoms with van der Waals surface area (Å²) in [6.07, 6.45) is -4.60. The number of fused-ring (bicyclic) bond motifs is 1. The largest absolute Gasteiger partial charge is 0.525 e. The highest BCUT2D eigenvalue weighted by Crippen LogP contribution is 2.40. The van der Waals surface area contributed by atoms with Crippen LogP contribution < -0.4 is 5.32 Å². The molecule has 84 valence electrons. The number of rotatable bonds is 1. The normalized spacial score (nSPS) is 19.0. The Morgan fingerprint density at radius 3 is 2.53 bits per heavy atom. The molecule has 0 bridgehead atoms. The van der Waals surface area contributed by atoms with E-state index in [9.17, 15) is 13.2 Å². The summed E-state index contributed by atoms with van der Waals surface area (Å²) in [5, 5.41) is 2.61. The maximum absolute atomic E-state index is 11.9. The Morgan fingerprint density at radius 1 is 1.27 bits per heavy atom. The van der Waals surface area contributed by atoms with Gasteiger partial charge in [0, 0.05) is 4.90 Å². The van der Waals surface area contributed by atoms with Gasteiger partial charge in [0.05, 0.1) is 5.69 Å². The average Bonchev–Trinajstić information content (AvgIpc) is 2.42. The molecule has 7 heteroatoms. The molecular weight excluding hydrogens is 251 g/mol. The van der Waals surface area contributed by atoms with E-state index in [1.165, 1.54) is 0 Å². The van der Waals surface area contributed by atoms with Crippen molar-refractivity contribution in [2.75, 3.05) is 5.32 Å². The first kappa shape index (κ1) is 12.5. The number of anilines is 1. The van der Waals surface area contributed by atoms with E-state index in [4.69, 9.17) is 0 Å². The van der Waals surface area contributed by atoms with Crippen LogP contribution >= 0.6 is 24.2 Å². The molecule has 1 N–H and O–H groups in total. The molecule has 1 unspecified atom stereocenters. The lowest BCUT2D eigenvalue weighted by Gasteiger charge is -2.13. The van der Waals surface area contributed by atoms with Crippen LogP contribution in [0.15, 0.2) is 29.2 Å². The zero-order valence-electron chi connectivity index (χ0n) is 7.25. The number of hydrogen-bond donors (Lipinski definition) is 1. The van der Waals surface area contributed by atoms with Gasteiger partial charge in [0.25, 0.3) is 0 Å². The van der Waals surface area contributed by atoms with E-state index in [2.05, 4.69) is 10.1 Å². The van der Waals surface area contributed by atoms with Gasteiger partial charge in [-0.1, -0.05) is 23.9 Å². The Kier molecular flexibility index (Phi) is 3.75. The van der Waals surface area contributed by atoms with Crippen molar-refractivity contribution < 1.29 is 17.9 Å². The zero-order chi connectivity index (χ0) is 10.2. The number of alkyl halides is 3. The number of para-hydroxylation sites is 1. The lowest BCUT2D eigenvalue weighted by molar-refractivity contribution is -0.327. The molecule has 1 aliphatic rings. The van der Waals surface area contributed by atoms with Gasteiger partial charge in [0.2, 0.25) is 0 Å². The lowest BCUT2D eigenvalue weighted by atomic mass is 10.3. The molecule has 0 fully saturated rings. The molecule has 15 heavy (non-hydrogen) atoms. The molecule has 0 amide bonds. The van der Waals surface area contributed by atoms with E-state index < -0.39 is 11.9 Å². The van der Waals surface area contributed by atoms with Crippen molar-refractivity contribution >= 4 is 29.9 Å². The van der Waals surface area contributed by atoms with Crippen LogP contribution in [0.3, 0.4) is 0 Å². The third-order valence-corrected chi connectivity index (χ3v) is 2.67. The summed E-state index contributed by atoms with van der Waals surface area (Å²) in [6.45, 7) is 0. The van der Waals surface area contributed by atoms with E-state index in [0.717, 1.165) is 16.7 Å². The number of thioether (sulfide) groups is 1. The van der Waals surface area contributed by atoms with Crippen LogP contribution in [-0.2, 0) is 4.74 Å². The highest BCUT2D eigenvalue weighted by atomic mass is 35.5. The summed E-state index contributed by atoms with van der Waals surface area (Å²) < 4.78 is 39.4. The van der Waals surface area contributed by atoms with Crippen molar-refractivity contribution in [3.8, 4) is 0 Å². The molecular formula is C8H7ClF3NOS. The van der Waals surface area contributed by atoms with Gasteiger partial charge in [-0.2, -0.15) is 0 Å². The van der Waals surface area contributed by atoms with Crippen molar-refractivity contribution in [3.05, 3.63) is 24.3 Å². The summed E-state index contributed by atoms with van der Waals surface area (Å²) >= 11 is 1.01. The first-order valence-corrected chi connectivity index (χ1v) is 4.69. The van der Waals surface area contributed by atoms with Crippen LogP contribution in [0.4, 0.5) is 18.9 Å². The van der Waals surface area contributed by atoms with Crippen LogP contribution in [0.1, 0.15) is 0 Å². The second-order valence-corrected chi connectivity index (χ2v) is 3.76. The van der Waals surface area contributed by atoms with E-state index in [-0.39, 0.29) is 12.4 Å². The van der Waals surface area contributed by atoms with Gasteiger partial charge in [-0.15, -0.1) is 25.6 Å². The van der Waals surface area contributed by atoms with Gasteiger partial charge in [-0.05, 0) is 12.1 Å². The number of nitrogens with one attached hydrogen (secondary N) is 1. The monoisotopic (exact) mass is 257 g/mol. The van der Waals surface area contributed by atoms with Crippen molar-refractivity contribution in [2.45, 2.75) is 16.8 Å². The first-order valence-electron chi connectivity index (χ1n) is 3.81. The Labute approximate surface area is 94.6 Å². The molecule has 0 saturated heterocycles. The fourth-order valence-electron chi connectivity index (χ4n) is 1.14. The van der Waals surface area contributed by atoms with Gasteiger partial charge in [-0.25, -0.2) is 0 Å². The van der Waals surface area contributed by atoms with Crippen molar-refractivity contribution in [3.63, 3.8) is 0 Å². The second kappa shape index (κ2) is 4.51. The second-order valence-electron chi connectivity index (χ2n) is 2.65. The van der Waals surface area contributed by atoms with Crippen LogP contribution in [0.5, 0.6) is 0 Å². The minimum atomic E-state index is -4.60. The quantitative estimate of drug-likeness (QED) is 0.833. The molecule has 0 aliphatic carbocycles. The van der Waals surface area contributed by atoms with E-state index in [1.54, 1.807) is 24.3 Å². The minimum absolute atomic E-state index is 0. The Hall–Kier alpha value is -0.590. The topological polar surface area (TPSA) is 21.3 Å². The third-order valence-electron chi connectivity index (χ3n) is 1.64. The summed E-state index contributed by atoms with van der Waals surface area (Å²) in [5.41, 5.74) is -0.404. The number of hydrogen-bond acceptors (Lipinski definition) is 3. The molecule has 0 radical (unpaired) electrons. The maximum atomic E-state index is 11.9. The van der Waals surface area contributed by atoms with Crippen molar-refractivity contribution in [1.82, 2.24) is 0 Å². The highest BCUT2D eigenvalue weighted by molar-refractivity contribution is 8.00. The van der Waals surface area contributed by atoms with Crippen LogP contribution in [0.25, 0.3) is 0 Å². The van der Waals surface area contributed by atoms with Crippen LogP contribution in [0, 0.1) is 0 Å². The van der Waals surface area contributed by atoms with Crippen LogP contribution in [-0.4, -0.2) is 11.9 Å². The summed E-state index contributed by atoms with van der Waals surface area (Å²) in [6, 6.07) is 6.97. The maximum Gasteiger partial charge on any atom is 0.525 e. The lowest BCUT2D eigenvalue weighted by Crippen LogP contribution is -2.24. The number of benzene rings is 1. The van der Waals surface area contributed by atoms with E-state index in [0.29, 0.717) is 5.69 Å². The van der Waals surface area contributed by atoms with Crippen molar-refractivity contribution in [2.24, 2.45) is 0 Å². The molecule has 0 saturated carbocycles.